The van der Waals surface area contributed by atoms with Crippen LogP contribution in [-0.4, -0.2) is 44.5 Å². The monoisotopic (exact) mass is 441 g/mol. The molecule has 0 aliphatic carbocycles. The highest BCUT2D eigenvalue weighted by molar-refractivity contribution is 6.00. The maximum Gasteiger partial charge on any atom is 0.326 e. The zero-order valence-corrected chi connectivity index (χ0v) is 17.4. The van der Waals surface area contributed by atoms with E-state index in [9.17, 15) is 13.9 Å². The number of hydrogen-bond donors (Lipinski definition) is 3. The van der Waals surface area contributed by atoms with Crippen molar-refractivity contribution in [1.29, 1.82) is 0 Å². The quantitative estimate of drug-likeness (QED) is 0.375. The number of rotatable bonds is 8. The van der Waals surface area contributed by atoms with Crippen molar-refractivity contribution in [2.45, 2.75) is 20.0 Å². The van der Waals surface area contributed by atoms with E-state index in [0.29, 0.717) is 35.3 Å². The van der Waals surface area contributed by atoms with Gasteiger partial charge in [0.05, 0.1) is 23.8 Å². The summed E-state index contributed by atoms with van der Waals surface area (Å²) in [5.74, 6) is -0.875. The lowest BCUT2D eigenvalue weighted by Gasteiger charge is -2.13. The summed E-state index contributed by atoms with van der Waals surface area (Å²) in [6, 6.07) is 10.2. The molecule has 2 aromatic heterocycles. The zero-order valence-electron chi connectivity index (χ0n) is 17.4. The summed E-state index contributed by atoms with van der Waals surface area (Å²) in [4.78, 5) is 8.61. The first-order chi connectivity index (χ1) is 15.5. The Hall–Kier alpha value is -3.79. The molecule has 0 saturated heterocycles. The van der Waals surface area contributed by atoms with Crippen LogP contribution in [0.5, 0.6) is 17.5 Å². The Labute approximate surface area is 182 Å². The number of nitrogens with one attached hydrogen (secondary N) is 2. The third-order valence-electron chi connectivity index (χ3n) is 4.51. The highest BCUT2D eigenvalue weighted by Crippen LogP contribution is 2.37. The fraction of sp³-hybridized carbons (Fsp3) is 0.227. The number of aromatic nitrogens is 4. The Balaban J connectivity index is 1.82. The zero-order chi connectivity index (χ0) is 22.7. The smallest absolute Gasteiger partial charge is 0.326 e. The Morgan fingerprint density at radius 2 is 1.94 bits per heavy atom. The van der Waals surface area contributed by atoms with Crippen molar-refractivity contribution in [2.75, 3.05) is 18.5 Å². The molecule has 0 aliphatic heterocycles. The molecule has 4 aromatic rings. The summed E-state index contributed by atoms with van der Waals surface area (Å²) in [6.07, 6.45) is -0.662. The second-order valence-electron chi connectivity index (χ2n) is 6.99. The standard InChI is InChI=1S/C22H21F2N5O3/c1-3-31-16-7-5-4-6-14(16)19-18-20(25-11-12(2)30)26-22(27-21(18)29-28-19)32-17-9-8-13(23)10-15(17)24/h4-10,12,30H,3,11H2,1-2H3,(H2,25,26,27,28,29). The van der Waals surface area contributed by atoms with E-state index in [-0.39, 0.29) is 24.0 Å². The average molecular weight is 441 g/mol. The predicted molar refractivity (Wildman–Crippen MR) is 115 cm³/mol. The molecule has 0 bridgehead atoms. The van der Waals surface area contributed by atoms with Crippen LogP contribution >= 0.6 is 0 Å². The van der Waals surface area contributed by atoms with Crippen molar-refractivity contribution < 1.29 is 23.4 Å². The molecule has 10 heteroatoms. The molecule has 166 valence electrons. The van der Waals surface area contributed by atoms with Gasteiger partial charge in [-0.05, 0) is 38.1 Å². The first-order valence-corrected chi connectivity index (χ1v) is 9.99. The number of hydrogen-bond acceptors (Lipinski definition) is 7. The van der Waals surface area contributed by atoms with Crippen LogP contribution in [0.4, 0.5) is 14.6 Å². The summed E-state index contributed by atoms with van der Waals surface area (Å²) in [7, 11) is 0. The molecule has 3 N–H and O–H groups in total. The number of aromatic amines is 1. The number of fused-ring (bicyclic) bond motifs is 1. The fourth-order valence-electron chi connectivity index (χ4n) is 3.13. The van der Waals surface area contributed by atoms with E-state index in [1.165, 1.54) is 0 Å². The molecule has 0 amide bonds. The SMILES string of the molecule is CCOc1ccccc1-c1[nH]nc2nc(Oc3ccc(F)cc3F)nc(NCC(C)O)c12. The first kappa shape index (κ1) is 21.4. The minimum absolute atomic E-state index is 0.188. The number of benzene rings is 2. The summed E-state index contributed by atoms with van der Waals surface area (Å²) in [5, 5.41) is 20.5. The van der Waals surface area contributed by atoms with Gasteiger partial charge in [0.15, 0.2) is 17.2 Å². The van der Waals surface area contributed by atoms with Gasteiger partial charge < -0.3 is 19.9 Å². The van der Waals surface area contributed by atoms with E-state index in [1.54, 1.807) is 6.92 Å². The van der Waals surface area contributed by atoms with Crippen molar-refractivity contribution in [1.82, 2.24) is 20.2 Å². The van der Waals surface area contributed by atoms with Gasteiger partial charge in [-0.15, -0.1) is 0 Å². The normalized spacial score (nSPS) is 12.0. The number of nitrogens with zero attached hydrogens (tertiary/aromatic N) is 3. The Morgan fingerprint density at radius 3 is 2.69 bits per heavy atom. The maximum absolute atomic E-state index is 14.0. The Morgan fingerprint density at radius 1 is 1.12 bits per heavy atom. The first-order valence-electron chi connectivity index (χ1n) is 9.99. The van der Waals surface area contributed by atoms with Crippen LogP contribution in [0.2, 0.25) is 0 Å². The molecule has 0 spiro atoms. The van der Waals surface area contributed by atoms with Crippen molar-refractivity contribution in [2.24, 2.45) is 0 Å². The van der Waals surface area contributed by atoms with Gasteiger partial charge in [0.25, 0.3) is 0 Å². The number of aliphatic hydroxyl groups excluding tert-OH is 1. The highest BCUT2D eigenvalue weighted by atomic mass is 19.1. The number of ether oxygens (including phenoxy) is 2. The number of H-pyrrole nitrogens is 1. The van der Waals surface area contributed by atoms with E-state index in [0.717, 1.165) is 17.7 Å². The van der Waals surface area contributed by atoms with E-state index in [1.807, 2.05) is 31.2 Å². The van der Waals surface area contributed by atoms with Crippen molar-refractivity contribution in [3.8, 4) is 28.8 Å². The molecule has 32 heavy (non-hydrogen) atoms. The van der Waals surface area contributed by atoms with Crippen LogP contribution in [0.1, 0.15) is 13.8 Å². The van der Waals surface area contributed by atoms with E-state index >= 15 is 0 Å². The lowest BCUT2D eigenvalue weighted by molar-refractivity contribution is 0.208. The van der Waals surface area contributed by atoms with Crippen LogP contribution in [0.25, 0.3) is 22.3 Å². The van der Waals surface area contributed by atoms with Gasteiger partial charge in [-0.3, -0.25) is 5.10 Å². The van der Waals surface area contributed by atoms with Gasteiger partial charge in [-0.1, -0.05) is 12.1 Å². The van der Waals surface area contributed by atoms with E-state index in [4.69, 9.17) is 9.47 Å². The minimum Gasteiger partial charge on any atom is -0.493 e. The number of para-hydroxylation sites is 1. The molecule has 2 heterocycles. The average Bonchev–Trinajstić information content (AvgIpc) is 3.18. The summed E-state index contributed by atoms with van der Waals surface area (Å²) in [5.41, 5.74) is 1.61. The maximum atomic E-state index is 14.0. The second-order valence-corrected chi connectivity index (χ2v) is 6.99. The Bertz CT molecular complexity index is 1250. The molecule has 4 rings (SSSR count). The van der Waals surface area contributed by atoms with Gasteiger partial charge in [0, 0.05) is 18.2 Å². The summed E-state index contributed by atoms with van der Waals surface area (Å²) >= 11 is 0. The molecule has 0 aliphatic rings. The molecule has 2 aromatic carbocycles. The van der Waals surface area contributed by atoms with Crippen molar-refractivity contribution in [3.05, 3.63) is 54.1 Å². The van der Waals surface area contributed by atoms with Gasteiger partial charge in [0.1, 0.15) is 17.4 Å². The van der Waals surface area contributed by atoms with Crippen molar-refractivity contribution >= 4 is 16.9 Å². The Kier molecular flexibility index (Phi) is 6.13. The molecule has 1 atom stereocenters. The number of halogens is 2. The van der Waals surface area contributed by atoms with Gasteiger partial charge in [-0.2, -0.15) is 15.1 Å². The third-order valence-corrected chi connectivity index (χ3v) is 4.51. The highest BCUT2D eigenvalue weighted by Gasteiger charge is 2.20. The van der Waals surface area contributed by atoms with E-state index in [2.05, 4.69) is 25.5 Å². The molecule has 8 nitrogen and oxygen atoms in total. The molecule has 0 saturated carbocycles. The third kappa shape index (κ3) is 4.45. The predicted octanol–water partition coefficient (Wildman–Crippen LogP) is 4.28. The van der Waals surface area contributed by atoms with Crippen molar-refractivity contribution in [3.63, 3.8) is 0 Å². The van der Waals surface area contributed by atoms with Gasteiger partial charge in [0.2, 0.25) is 0 Å². The largest absolute Gasteiger partial charge is 0.493 e. The summed E-state index contributed by atoms with van der Waals surface area (Å²) < 4.78 is 38.4. The molecular formula is C22H21F2N5O3. The molecule has 0 radical (unpaired) electrons. The topological polar surface area (TPSA) is 105 Å². The van der Waals surface area contributed by atoms with Gasteiger partial charge in [-0.25, -0.2) is 8.78 Å². The molecular weight excluding hydrogens is 420 g/mol. The lowest BCUT2D eigenvalue weighted by atomic mass is 10.1. The van der Waals surface area contributed by atoms with Crippen LogP contribution in [0.3, 0.4) is 0 Å². The van der Waals surface area contributed by atoms with Crippen LogP contribution < -0.4 is 14.8 Å². The summed E-state index contributed by atoms with van der Waals surface area (Å²) in [6.45, 7) is 4.18. The number of aliphatic hydroxyl groups is 1. The minimum atomic E-state index is -0.888. The number of anilines is 1. The fourth-order valence-corrected chi connectivity index (χ4v) is 3.13. The lowest BCUT2D eigenvalue weighted by Crippen LogP contribution is -2.16. The van der Waals surface area contributed by atoms with E-state index < -0.39 is 17.7 Å². The van der Waals surface area contributed by atoms with Crippen LogP contribution in [0.15, 0.2) is 42.5 Å². The van der Waals surface area contributed by atoms with Crippen LogP contribution in [0, 0.1) is 11.6 Å². The molecule has 1 unspecified atom stereocenters. The second kappa shape index (κ2) is 9.15. The van der Waals surface area contributed by atoms with Crippen LogP contribution in [-0.2, 0) is 0 Å². The van der Waals surface area contributed by atoms with Gasteiger partial charge >= 0.3 is 6.01 Å². The molecule has 0 fully saturated rings.